The van der Waals surface area contributed by atoms with Crippen molar-refractivity contribution in [2.45, 2.75) is 40.0 Å². The van der Waals surface area contributed by atoms with E-state index in [1.54, 1.807) is 21.0 Å². The lowest BCUT2D eigenvalue weighted by molar-refractivity contribution is -0.0507. The summed E-state index contributed by atoms with van der Waals surface area (Å²) in [7, 11) is 1.66. The van der Waals surface area contributed by atoms with E-state index in [1.165, 1.54) is 0 Å². The Kier molecular flexibility index (Phi) is 6.18. The zero-order valence-corrected chi connectivity index (χ0v) is 11.8. The third-order valence-corrected chi connectivity index (χ3v) is 2.80. The number of methoxy groups -OCH3 is 1. The topological polar surface area (TPSA) is 30.5 Å². The summed E-state index contributed by atoms with van der Waals surface area (Å²) in [6.45, 7) is 4.08. The summed E-state index contributed by atoms with van der Waals surface area (Å²) in [5.41, 5.74) is 2.48. The minimum atomic E-state index is -2.79. The van der Waals surface area contributed by atoms with E-state index in [1.807, 2.05) is 19.1 Å². The predicted molar refractivity (Wildman–Crippen MR) is 70.7 cm³/mol. The number of halogens is 2. The number of aryl methyl sites for hydroxylation is 2. The van der Waals surface area contributed by atoms with E-state index in [-0.39, 0.29) is 11.8 Å². The molecule has 1 rings (SSSR count). The highest BCUT2D eigenvalue weighted by Gasteiger charge is 2.11. The van der Waals surface area contributed by atoms with E-state index in [0.717, 1.165) is 16.7 Å². The fraction of sp³-hybridized carbons (Fsp3) is 0.571. The van der Waals surface area contributed by atoms with Gasteiger partial charge in [0, 0.05) is 19.7 Å². The van der Waals surface area contributed by atoms with Gasteiger partial charge in [0.15, 0.2) is 0 Å². The molecule has 1 aromatic rings. The smallest absolute Gasteiger partial charge is 0.387 e. The molecule has 1 atom stereocenters. The quantitative estimate of drug-likeness (QED) is 0.828. The van der Waals surface area contributed by atoms with E-state index in [0.29, 0.717) is 13.2 Å². The van der Waals surface area contributed by atoms with Crippen molar-refractivity contribution in [1.82, 2.24) is 5.32 Å². The minimum absolute atomic E-state index is 0.239. The Bertz CT molecular complexity index is 387. The zero-order chi connectivity index (χ0) is 14.4. The zero-order valence-electron chi connectivity index (χ0n) is 11.8. The molecule has 0 bridgehead atoms. The normalized spacial score (nSPS) is 12.8. The van der Waals surface area contributed by atoms with Crippen molar-refractivity contribution in [3.8, 4) is 5.75 Å². The second kappa shape index (κ2) is 7.40. The van der Waals surface area contributed by atoms with Crippen LogP contribution in [0.3, 0.4) is 0 Å². The molecule has 0 aliphatic heterocycles. The van der Waals surface area contributed by atoms with Crippen molar-refractivity contribution in [3.05, 3.63) is 28.8 Å². The van der Waals surface area contributed by atoms with Crippen LogP contribution < -0.4 is 10.1 Å². The van der Waals surface area contributed by atoms with Crippen molar-refractivity contribution in [2.75, 3.05) is 13.7 Å². The molecule has 0 heterocycles. The van der Waals surface area contributed by atoms with Gasteiger partial charge in [-0.1, -0.05) is 12.1 Å². The first-order chi connectivity index (χ1) is 8.93. The Morgan fingerprint density at radius 3 is 2.26 bits per heavy atom. The maximum absolute atomic E-state index is 12.3. The molecule has 0 aliphatic carbocycles. The molecule has 1 aromatic carbocycles. The molecule has 0 aromatic heterocycles. The van der Waals surface area contributed by atoms with Crippen LogP contribution in [-0.4, -0.2) is 26.4 Å². The molecule has 108 valence electrons. The van der Waals surface area contributed by atoms with Gasteiger partial charge in [0.2, 0.25) is 0 Å². The van der Waals surface area contributed by atoms with Gasteiger partial charge in [0.05, 0.1) is 6.61 Å². The first-order valence-corrected chi connectivity index (χ1v) is 6.21. The van der Waals surface area contributed by atoms with Crippen LogP contribution in [-0.2, 0) is 11.3 Å². The van der Waals surface area contributed by atoms with Crippen molar-refractivity contribution in [3.63, 3.8) is 0 Å². The number of rotatable bonds is 7. The molecule has 0 amide bonds. The average molecular weight is 273 g/mol. The molecule has 0 fully saturated rings. The molecule has 3 nitrogen and oxygen atoms in total. The van der Waals surface area contributed by atoms with Crippen LogP contribution in [0.5, 0.6) is 5.75 Å². The Balaban J connectivity index is 2.72. The fourth-order valence-corrected chi connectivity index (χ4v) is 2.02. The molecule has 19 heavy (non-hydrogen) atoms. The molecule has 1 unspecified atom stereocenters. The van der Waals surface area contributed by atoms with Crippen LogP contribution in [0.25, 0.3) is 0 Å². The van der Waals surface area contributed by atoms with Crippen molar-refractivity contribution in [2.24, 2.45) is 0 Å². The molecular weight excluding hydrogens is 252 g/mol. The number of benzene rings is 1. The number of hydrogen-bond donors (Lipinski definition) is 1. The Labute approximate surface area is 112 Å². The molecule has 0 radical (unpaired) electrons. The van der Waals surface area contributed by atoms with E-state index >= 15 is 0 Å². The summed E-state index contributed by atoms with van der Waals surface area (Å²) < 4.78 is 34.1. The number of ether oxygens (including phenoxy) is 2. The van der Waals surface area contributed by atoms with Crippen molar-refractivity contribution in [1.29, 1.82) is 0 Å². The maximum Gasteiger partial charge on any atom is 0.387 e. The Morgan fingerprint density at radius 2 is 1.79 bits per heavy atom. The van der Waals surface area contributed by atoms with Gasteiger partial charge >= 0.3 is 6.61 Å². The van der Waals surface area contributed by atoms with Gasteiger partial charge in [-0.05, 0) is 37.5 Å². The first kappa shape index (κ1) is 15.9. The van der Waals surface area contributed by atoms with Crippen LogP contribution in [0.2, 0.25) is 0 Å². The van der Waals surface area contributed by atoms with Gasteiger partial charge in [0.25, 0.3) is 0 Å². The minimum Gasteiger partial charge on any atom is -0.434 e. The van der Waals surface area contributed by atoms with Gasteiger partial charge in [-0.3, -0.25) is 0 Å². The Hall–Kier alpha value is -1.20. The second-order valence-corrected chi connectivity index (χ2v) is 4.67. The molecule has 0 saturated carbocycles. The van der Waals surface area contributed by atoms with Crippen LogP contribution in [0, 0.1) is 13.8 Å². The van der Waals surface area contributed by atoms with E-state index < -0.39 is 6.61 Å². The van der Waals surface area contributed by atoms with Gasteiger partial charge in [-0.15, -0.1) is 0 Å². The summed E-state index contributed by atoms with van der Waals surface area (Å²) in [6.07, 6.45) is 0. The molecule has 1 N–H and O–H groups in total. The second-order valence-electron chi connectivity index (χ2n) is 4.67. The van der Waals surface area contributed by atoms with E-state index in [9.17, 15) is 8.78 Å². The number of alkyl halides is 2. The third kappa shape index (κ3) is 5.12. The van der Waals surface area contributed by atoms with Crippen LogP contribution in [0.1, 0.15) is 23.6 Å². The van der Waals surface area contributed by atoms with Crippen LogP contribution >= 0.6 is 0 Å². The maximum atomic E-state index is 12.3. The Morgan fingerprint density at radius 1 is 1.21 bits per heavy atom. The van der Waals surface area contributed by atoms with Gasteiger partial charge in [-0.2, -0.15) is 8.78 Å². The highest BCUT2D eigenvalue weighted by Crippen LogP contribution is 2.26. The highest BCUT2D eigenvalue weighted by atomic mass is 19.3. The molecule has 0 spiro atoms. The average Bonchev–Trinajstić information content (AvgIpc) is 2.31. The van der Waals surface area contributed by atoms with E-state index in [2.05, 4.69) is 10.1 Å². The molecule has 0 saturated heterocycles. The van der Waals surface area contributed by atoms with Crippen LogP contribution in [0.15, 0.2) is 12.1 Å². The first-order valence-electron chi connectivity index (χ1n) is 6.21. The highest BCUT2D eigenvalue weighted by molar-refractivity contribution is 5.43. The van der Waals surface area contributed by atoms with Crippen LogP contribution in [0.4, 0.5) is 8.78 Å². The number of hydrogen-bond acceptors (Lipinski definition) is 3. The summed E-state index contributed by atoms with van der Waals surface area (Å²) in [4.78, 5) is 0. The molecule has 0 aliphatic rings. The van der Waals surface area contributed by atoms with E-state index in [4.69, 9.17) is 4.74 Å². The predicted octanol–water partition coefficient (Wildman–Crippen LogP) is 3.03. The van der Waals surface area contributed by atoms with Gasteiger partial charge in [-0.25, -0.2) is 0 Å². The largest absolute Gasteiger partial charge is 0.434 e. The van der Waals surface area contributed by atoms with Crippen molar-refractivity contribution < 1.29 is 18.3 Å². The lowest BCUT2D eigenvalue weighted by Crippen LogP contribution is -2.29. The van der Waals surface area contributed by atoms with Gasteiger partial charge in [0.1, 0.15) is 5.75 Å². The van der Waals surface area contributed by atoms with Crippen molar-refractivity contribution >= 4 is 0 Å². The molecular formula is C14H21F2NO2. The molecule has 5 heteroatoms. The third-order valence-electron chi connectivity index (χ3n) is 2.80. The fourth-order valence-electron chi connectivity index (χ4n) is 2.02. The number of nitrogens with one attached hydrogen (secondary N) is 1. The summed E-state index contributed by atoms with van der Waals surface area (Å²) in [6, 6.07) is 3.96. The SMILES string of the molecule is COCC(C)NCc1cc(C)c(OC(F)F)c(C)c1. The summed E-state index contributed by atoms with van der Waals surface area (Å²) in [5.74, 6) is 0.267. The summed E-state index contributed by atoms with van der Waals surface area (Å²) in [5, 5.41) is 3.30. The standard InChI is InChI=1S/C14H21F2NO2/c1-9-5-12(7-17-11(3)8-18-4)6-10(2)13(9)19-14(15)16/h5-6,11,14,17H,7-8H2,1-4H3. The lowest BCUT2D eigenvalue weighted by atomic mass is 10.1. The van der Waals surface area contributed by atoms with Gasteiger partial charge < -0.3 is 14.8 Å². The summed E-state index contributed by atoms with van der Waals surface area (Å²) >= 11 is 0. The lowest BCUT2D eigenvalue weighted by Gasteiger charge is -2.16. The monoisotopic (exact) mass is 273 g/mol.